The SMILES string of the molecule is COc1cccc(-c2nnc([C-](O)C(F)(F)F)o2)n1.C[CH-]C.[Y]. The van der Waals surface area contributed by atoms with Crippen molar-refractivity contribution >= 4 is 0 Å². The first kappa shape index (κ1) is 21.8. The van der Waals surface area contributed by atoms with Crippen molar-refractivity contribution < 1.29 is 60.1 Å². The average molecular weight is 406 g/mol. The van der Waals surface area contributed by atoms with Crippen LogP contribution in [0.1, 0.15) is 19.7 Å². The molecule has 0 spiro atoms. The Hall–Kier alpha value is -1.19. The zero-order valence-corrected chi connectivity index (χ0v) is 15.5. The van der Waals surface area contributed by atoms with Crippen LogP contribution in [0.4, 0.5) is 13.2 Å². The summed E-state index contributed by atoms with van der Waals surface area (Å²) in [6, 6.07) is 4.54. The molecule has 0 unspecified atom stereocenters. The summed E-state index contributed by atoms with van der Waals surface area (Å²) in [5, 5.41) is 15.4. The van der Waals surface area contributed by atoms with Crippen molar-refractivity contribution in [2.24, 2.45) is 0 Å². The van der Waals surface area contributed by atoms with Crippen molar-refractivity contribution in [1.82, 2.24) is 15.2 Å². The second-order valence-electron chi connectivity index (χ2n) is 3.90. The van der Waals surface area contributed by atoms with E-state index in [9.17, 15) is 13.2 Å². The van der Waals surface area contributed by atoms with Gasteiger partial charge < -0.3 is 20.7 Å². The molecule has 10 heteroatoms. The van der Waals surface area contributed by atoms with Crippen LogP contribution in [0, 0.1) is 12.5 Å². The van der Waals surface area contributed by atoms with Crippen LogP contribution in [0.15, 0.2) is 22.6 Å². The van der Waals surface area contributed by atoms with Crippen LogP contribution >= 0.6 is 0 Å². The largest absolute Gasteiger partial charge is 0.527 e. The van der Waals surface area contributed by atoms with Crippen molar-refractivity contribution in [3.63, 3.8) is 0 Å². The van der Waals surface area contributed by atoms with Crippen LogP contribution in [0.2, 0.25) is 0 Å². The van der Waals surface area contributed by atoms with Gasteiger partial charge in [0.2, 0.25) is 5.88 Å². The van der Waals surface area contributed by atoms with E-state index in [2.05, 4.69) is 15.2 Å². The van der Waals surface area contributed by atoms with Crippen molar-refractivity contribution in [2.75, 3.05) is 7.11 Å². The van der Waals surface area contributed by atoms with Crippen molar-refractivity contribution in [1.29, 1.82) is 0 Å². The van der Waals surface area contributed by atoms with Gasteiger partial charge in [0, 0.05) is 38.8 Å². The molecule has 23 heavy (non-hydrogen) atoms. The standard InChI is InChI=1S/C10H7F3N3O3.C3H7.Y/c1-18-6-4-2-3-5(14-6)8-15-16-9(19-8)7(17)10(11,12)13;1-3-2;/h2-4,17H,1H3;3H,1-2H3;/q2*-1;. The topological polar surface area (TPSA) is 81.3 Å². The number of hydrogen-bond acceptors (Lipinski definition) is 6. The smallest absolute Gasteiger partial charge is 0.314 e. The summed E-state index contributed by atoms with van der Waals surface area (Å²) in [6.45, 7) is 4.00. The van der Waals surface area contributed by atoms with Crippen molar-refractivity contribution in [2.45, 2.75) is 20.0 Å². The molecule has 2 heterocycles. The van der Waals surface area contributed by atoms with Gasteiger partial charge in [-0.25, -0.2) is 18.2 Å². The summed E-state index contributed by atoms with van der Waals surface area (Å²) >= 11 is 0. The maximum absolute atomic E-state index is 12.2. The van der Waals surface area contributed by atoms with Gasteiger partial charge in [-0.15, -0.1) is 10.2 Å². The predicted octanol–water partition coefficient (Wildman–Crippen LogP) is 3.18. The second-order valence-corrected chi connectivity index (χ2v) is 3.90. The van der Waals surface area contributed by atoms with Crippen LogP contribution in [-0.2, 0) is 32.7 Å². The molecule has 0 aliphatic heterocycles. The molecule has 6 nitrogen and oxygen atoms in total. The Bertz CT molecular complexity index is 593. The number of aliphatic hydroxyl groups is 1. The molecule has 125 valence electrons. The number of alkyl halides is 3. The molecule has 1 radical (unpaired) electrons. The summed E-state index contributed by atoms with van der Waals surface area (Å²) in [6.07, 6.45) is -4.90. The fourth-order valence-corrected chi connectivity index (χ4v) is 1.19. The fraction of sp³-hybridized carbons (Fsp3) is 0.308. The van der Waals surface area contributed by atoms with Crippen LogP contribution in [0.5, 0.6) is 5.88 Å². The molecule has 2 aromatic rings. The summed E-state index contributed by atoms with van der Waals surface area (Å²) in [5.74, 6) is -1.04. The monoisotopic (exact) mass is 406 g/mol. The normalized spacial score (nSPS) is 10.2. The molecule has 0 aromatic carbocycles. The van der Waals surface area contributed by atoms with E-state index >= 15 is 0 Å². The Balaban J connectivity index is 0.00000112. The van der Waals surface area contributed by atoms with E-state index in [-0.39, 0.29) is 50.2 Å². The van der Waals surface area contributed by atoms with Crippen LogP contribution in [-0.4, -0.2) is 33.6 Å². The summed E-state index contributed by atoms with van der Waals surface area (Å²) in [4.78, 5) is 3.91. The van der Waals surface area contributed by atoms with Crippen molar-refractivity contribution in [3.05, 3.63) is 36.6 Å². The molecular weight excluding hydrogens is 392 g/mol. The van der Waals surface area contributed by atoms with Gasteiger partial charge in [-0.1, -0.05) is 12.2 Å². The first-order valence-corrected chi connectivity index (χ1v) is 6.05. The van der Waals surface area contributed by atoms with Gasteiger partial charge in [-0.3, -0.25) is 0 Å². The molecule has 0 amide bonds. The number of nitrogens with zero attached hydrogens (tertiary/aromatic N) is 3. The van der Waals surface area contributed by atoms with Gasteiger partial charge in [-0.2, -0.15) is 13.8 Å². The maximum atomic E-state index is 12.2. The molecule has 0 aliphatic carbocycles. The number of halogens is 3. The third-order valence-corrected chi connectivity index (χ3v) is 2.05. The van der Waals surface area contributed by atoms with E-state index in [0.717, 1.165) is 0 Å². The molecule has 2 rings (SSSR count). The number of pyridine rings is 1. The Morgan fingerprint density at radius 3 is 2.39 bits per heavy atom. The number of methoxy groups -OCH3 is 1. The quantitative estimate of drug-likeness (QED) is 0.789. The predicted molar refractivity (Wildman–Crippen MR) is 70.1 cm³/mol. The molecule has 1 N–H and O–H groups in total. The molecule has 0 saturated heterocycles. The zero-order chi connectivity index (χ0) is 16.8. The minimum Gasteiger partial charge on any atom is -0.527 e. The van der Waals surface area contributed by atoms with Gasteiger partial charge in [0.25, 0.3) is 5.89 Å². The Morgan fingerprint density at radius 2 is 1.87 bits per heavy atom. The van der Waals surface area contributed by atoms with Gasteiger partial charge in [0.1, 0.15) is 11.6 Å². The molecule has 0 bridgehead atoms. The number of rotatable bonds is 3. The van der Waals surface area contributed by atoms with Crippen LogP contribution in [0.25, 0.3) is 11.6 Å². The minimum absolute atomic E-state index is 0. The Labute approximate surface area is 156 Å². The minimum atomic E-state index is -4.95. The van der Waals surface area contributed by atoms with E-state index in [1.54, 1.807) is 12.1 Å². The number of hydrogen-bond donors (Lipinski definition) is 1. The zero-order valence-electron chi connectivity index (χ0n) is 12.6. The van der Waals surface area contributed by atoms with E-state index in [1.165, 1.54) is 13.2 Å². The van der Waals surface area contributed by atoms with E-state index < -0.39 is 18.2 Å². The number of ether oxygens (including phenoxy) is 1. The summed E-state index contributed by atoms with van der Waals surface area (Å²) in [7, 11) is 1.38. The molecule has 0 aliphatic rings. The average Bonchev–Trinajstić information content (AvgIpc) is 2.96. The van der Waals surface area contributed by atoms with Crippen LogP contribution in [0.3, 0.4) is 0 Å². The van der Waals surface area contributed by atoms with Gasteiger partial charge in [0.05, 0.1) is 7.11 Å². The maximum Gasteiger partial charge on any atom is 0.314 e. The molecule has 0 saturated carbocycles. The van der Waals surface area contributed by atoms with E-state index in [4.69, 9.17) is 14.3 Å². The Morgan fingerprint density at radius 1 is 1.26 bits per heavy atom. The third-order valence-electron chi connectivity index (χ3n) is 2.05. The summed E-state index contributed by atoms with van der Waals surface area (Å²) in [5.41, 5.74) is 0.132. The molecule has 0 atom stereocenters. The molecular formula is C13H14F3N3O3Y-2. The van der Waals surface area contributed by atoms with E-state index in [0.29, 0.717) is 0 Å². The van der Waals surface area contributed by atoms with Gasteiger partial charge in [0.15, 0.2) is 0 Å². The first-order chi connectivity index (χ1) is 10.3. The third kappa shape index (κ3) is 6.44. The fourth-order valence-electron chi connectivity index (χ4n) is 1.19. The Kier molecular flexibility index (Phi) is 9.33. The van der Waals surface area contributed by atoms with Gasteiger partial charge >= 0.3 is 6.18 Å². The second kappa shape index (κ2) is 9.84. The molecule has 2 aromatic heterocycles. The van der Waals surface area contributed by atoms with E-state index in [1.807, 2.05) is 20.3 Å². The number of aromatic nitrogens is 3. The van der Waals surface area contributed by atoms with Crippen LogP contribution < -0.4 is 4.74 Å². The molecule has 0 fully saturated rings. The van der Waals surface area contributed by atoms with Gasteiger partial charge in [-0.05, 0) is 6.07 Å². The summed E-state index contributed by atoms with van der Waals surface area (Å²) < 4.78 is 46.2. The number of aliphatic hydroxyl groups excluding tert-OH is 1. The van der Waals surface area contributed by atoms with Crippen molar-refractivity contribution in [3.8, 4) is 17.5 Å². The first-order valence-electron chi connectivity index (χ1n) is 6.05.